The van der Waals surface area contributed by atoms with Crippen molar-refractivity contribution in [3.63, 3.8) is 0 Å². The summed E-state index contributed by atoms with van der Waals surface area (Å²) in [5.74, 6) is -1.26. The van der Waals surface area contributed by atoms with Crippen molar-refractivity contribution in [3.05, 3.63) is 70.7 Å². The molecule has 278 valence electrons. The molecular weight excluding hydrogens is 676 g/mol. The minimum Gasteiger partial charge on any atom is -0.469 e. The highest BCUT2D eigenvalue weighted by atomic mass is 35.5. The number of esters is 1. The molecule has 2 aliphatic rings. The van der Waals surface area contributed by atoms with Crippen molar-refractivity contribution >= 4 is 41.6 Å². The molecule has 3 atom stereocenters. The summed E-state index contributed by atoms with van der Waals surface area (Å²) in [5, 5.41) is 6.31. The van der Waals surface area contributed by atoms with Gasteiger partial charge in [-0.2, -0.15) is 0 Å². The van der Waals surface area contributed by atoms with Crippen molar-refractivity contribution in [3.8, 4) is 0 Å². The maximum Gasteiger partial charge on any atom is 0.410 e. The molecule has 2 aromatic rings. The third-order valence-electron chi connectivity index (χ3n) is 9.19. The SMILES string of the molecule is COC(=O)CCC(NC(=O)CC(NC(=O)OCc1cccc(Cl)c1)C1CCCCC1)C(=O)N1CCN(C(=O)OC(C)(C)C)C(c2ccccc2)C1. The number of methoxy groups -OCH3 is 1. The lowest BCUT2D eigenvalue weighted by Crippen LogP contribution is -2.57. The Morgan fingerprint density at radius 1 is 0.941 bits per heavy atom. The zero-order chi connectivity index (χ0) is 37.0. The monoisotopic (exact) mass is 726 g/mol. The van der Waals surface area contributed by atoms with E-state index >= 15 is 0 Å². The largest absolute Gasteiger partial charge is 0.469 e. The molecule has 0 radical (unpaired) electrons. The molecule has 3 unspecified atom stereocenters. The number of piperazine rings is 1. The Bertz CT molecular complexity index is 1490. The van der Waals surface area contributed by atoms with E-state index < -0.39 is 47.8 Å². The number of hydrogen-bond acceptors (Lipinski definition) is 8. The van der Waals surface area contributed by atoms with Crippen LogP contribution in [0.4, 0.5) is 9.59 Å². The first-order valence-electron chi connectivity index (χ1n) is 17.7. The summed E-state index contributed by atoms with van der Waals surface area (Å²) in [6, 6.07) is 14.4. The van der Waals surface area contributed by atoms with Gasteiger partial charge in [-0.25, -0.2) is 9.59 Å². The number of rotatable bonds is 12. The van der Waals surface area contributed by atoms with Gasteiger partial charge in [-0.3, -0.25) is 19.3 Å². The molecule has 4 amide bonds. The van der Waals surface area contributed by atoms with Crippen LogP contribution < -0.4 is 10.6 Å². The Morgan fingerprint density at radius 3 is 2.33 bits per heavy atom. The molecule has 1 heterocycles. The highest BCUT2D eigenvalue weighted by Gasteiger charge is 2.38. The first kappa shape index (κ1) is 39.5. The van der Waals surface area contributed by atoms with Gasteiger partial charge in [0, 0.05) is 43.5 Å². The second-order valence-electron chi connectivity index (χ2n) is 14.2. The summed E-state index contributed by atoms with van der Waals surface area (Å²) in [5.41, 5.74) is 0.865. The fourth-order valence-electron chi connectivity index (χ4n) is 6.62. The average molecular weight is 727 g/mol. The topological polar surface area (TPSA) is 144 Å². The van der Waals surface area contributed by atoms with Crippen LogP contribution in [0.2, 0.25) is 5.02 Å². The number of hydrogen-bond donors (Lipinski definition) is 2. The van der Waals surface area contributed by atoms with Crippen LogP contribution in [-0.4, -0.2) is 84.2 Å². The minimum atomic E-state index is -1.04. The fraction of sp³-hybridized carbons (Fsp3) is 0.553. The molecule has 1 saturated carbocycles. The van der Waals surface area contributed by atoms with Crippen LogP contribution >= 0.6 is 11.6 Å². The van der Waals surface area contributed by atoms with Crippen LogP contribution in [0.5, 0.6) is 0 Å². The van der Waals surface area contributed by atoms with Crippen molar-refractivity contribution in [1.82, 2.24) is 20.4 Å². The number of carbonyl (C=O) groups is 5. The lowest BCUT2D eigenvalue weighted by Gasteiger charge is -2.42. The highest BCUT2D eigenvalue weighted by Crippen LogP contribution is 2.30. The number of carbonyl (C=O) groups excluding carboxylic acids is 5. The second kappa shape index (κ2) is 18.8. The number of alkyl carbamates (subject to hydrolysis) is 1. The quantitative estimate of drug-likeness (QED) is 0.196. The van der Waals surface area contributed by atoms with E-state index in [4.69, 9.17) is 25.8 Å². The van der Waals surface area contributed by atoms with Gasteiger partial charge in [-0.15, -0.1) is 0 Å². The maximum atomic E-state index is 14.2. The van der Waals surface area contributed by atoms with E-state index in [1.165, 1.54) is 7.11 Å². The first-order valence-corrected chi connectivity index (χ1v) is 18.1. The molecule has 1 aliphatic carbocycles. The Morgan fingerprint density at radius 2 is 1.67 bits per heavy atom. The predicted octanol–water partition coefficient (Wildman–Crippen LogP) is 6.16. The zero-order valence-corrected chi connectivity index (χ0v) is 30.8. The van der Waals surface area contributed by atoms with E-state index in [9.17, 15) is 24.0 Å². The number of nitrogens with one attached hydrogen (secondary N) is 2. The summed E-state index contributed by atoms with van der Waals surface area (Å²) >= 11 is 6.07. The van der Waals surface area contributed by atoms with E-state index in [1.54, 1.807) is 54.8 Å². The van der Waals surface area contributed by atoms with Gasteiger partial charge in [-0.1, -0.05) is 73.3 Å². The van der Waals surface area contributed by atoms with Crippen LogP contribution in [0.1, 0.15) is 89.3 Å². The maximum absolute atomic E-state index is 14.2. The normalized spacial score (nSPS) is 17.9. The number of benzene rings is 2. The van der Waals surface area contributed by atoms with Gasteiger partial charge in [-0.05, 0) is 69.2 Å². The summed E-state index contributed by atoms with van der Waals surface area (Å²) < 4.78 is 16.0. The van der Waals surface area contributed by atoms with Gasteiger partial charge in [0.1, 0.15) is 18.2 Å². The van der Waals surface area contributed by atoms with Crippen LogP contribution in [0.3, 0.4) is 0 Å². The van der Waals surface area contributed by atoms with E-state index in [0.717, 1.165) is 43.2 Å². The Labute approximate surface area is 305 Å². The molecule has 2 N–H and O–H groups in total. The van der Waals surface area contributed by atoms with E-state index in [2.05, 4.69) is 10.6 Å². The Balaban J connectivity index is 1.47. The van der Waals surface area contributed by atoms with Gasteiger partial charge in [0.2, 0.25) is 11.8 Å². The standard InChI is InChI=1S/C38H51ClN4O8/c1-38(2,3)51-37(48)43-21-20-42(24-32(43)28-15-9-6-10-16-28)35(46)30(18-19-34(45)49-4)40-33(44)23-31(27-13-7-5-8-14-27)41-36(47)50-25-26-12-11-17-29(39)22-26/h6,9-12,15-17,22,27,30-32H,5,7-8,13-14,18-21,23-25H2,1-4H3,(H,40,44)(H,41,47). The number of nitrogens with zero attached hydrogens (tertiary/aromatic N) is 2. The van der Waals surface area contributed by atoms with E-state index in [-0.39, 0.29) is 57.3 Å². The lowest BCUT2D eigenvalue weighted by molar-refractivity contribution is -0.143. The van der Waals surface area contributed by atoms with E-state index in [1.807, 2.05) is 30.3 Å². The molecular formula is C38H51ClN4O8. The summed E-state index contributed by atoms with van der Waals surface area (Å²) in [6.45, 7) is 6.00. The molecule has 13 heteroatoms. The van der Waals surface area contributed by atoms with Gasteiger partial charge >= 0.3 is 18.2 Å². The Kier molecular flexibility index (Phi) is 14.5. The van der Waals surface area contributed by atoms with Gasteiger partial charge in [0.25, 0.3) is 0 Å². The predicted molar refractivity (Wildman–Crippen MR) is 192 cm³/mol. The molecule has 0 aromatic heterocycles. The highest BCUT2D eigenvalue weighted by molar-refractivity contribution is 6.30. The van der Waals surface area contributed by atoms with Crippen molar-refractivity contribution in [1.29, 1.82) is 0 Å². The van der Waals surface area contributed by atoms with Gasteiger partial charge in [0.05, 0.1) is 13.2 Å². The fourth-order valence-corrected chi connectivity index (χ4v) is 6.83. The third-order valence-corrected chi connectivity index (χ3v) is 9.42. The summed E-state index contributed by atoms with van der Waals surface area (Å²) in [7, 11) is 1.27. The molecule has 0 spiro atoms. The molecule has 0 bridgehead atoms. The molecule has 2 aromatic carbocycles. The summed E-state index contributed by atoms with van der Waals surface area (Å²) in [4.78, 5) is 69.4. The lowest BCUT2D eigenvalue weighted by atomic mass is 9.82. The first-order chi connectivity index (χ1) is 24.3. The molecule has 51 heavy (non-hydrogen) atoms. The Hall–Kier alpha value is -4.32. The third kappa shape index (κ3) is 12.4. The number of amides is 4. The molecule has 2 fully saturated rings. The van der Waals surface area contributed by atoms with Crippen LogP contribution in [-0.2, 0) is 35.2 Å². The van der Waals surface area contributed by atoms with Crippen molar-refractivity contribution in [2.45, 2.75) is 102 Å². The van der Waals surface area contributed by atoms with Crippen LogP contribution in [0, 0.1) is 5.92 Å². The van der Waals surface area contributed by atoms with E-state index in [0.29, 0.717) is 5.02 Å². The van der Waals surface area contributed by atoms with Crippen molar-refractivity contribution in [2.24, 2.45) is 5.92 Å². The molecule has 4 rings (SSSR count). The molecule has 1 aliphatic heterocycles. The van der Waals surface area contributed by atoms with Crippen LogP contribution in [0.15, 0.2) is 54.6 Å². The summed E-state index contributed by atoms with van der Waals surface area (Å²) in [6.07, 6.45) is 3.48. The van der Waals surface area contributed by atoms with Crippen LogP contribution in [0.25, 0.3) is 0 Å². The molecule has 1 saturated heterocycles. The second-order valence-corrected chi connectivity index (χ2v) is 14.6. The van der Waals surface area contributed by atoms with Crippen molar-refractivity contribution < 1.29 is 38.2 Å². The molecule has 12 nitrogen and oxygen atoms in total. The van der Waals surface area contributed by atoms with Gasteiger partial charge in [0.15, 0.2) is 0 Å². The average Bonchev–Trinajstić information content (AvgIpc) is 3.11. The zero-order valence-electron chi connectivity index (χ0n) is 30.0. The van der Waals surface area contributed by atoms with Crippen molar-refractivity contribution in [2.75, 3.05) is 26.7 Å². The smallest absolute Gasteiger partial charge is 0.410 e. The number of halogens is 1. The van der Waals surface area contributed by atoms with Gasteiger partial charge < -0.3 is 29.7 Å². The number of ether oxygens (including phenoxy) is 3. The minimum absolute atomic E-state index is 0.0166.